The number of thiazole rings is 1. The van der Waals surface area contributed by atoms with E-state index < -0.39 is 5.97 Å². The van der Waals surface area contributed by atoms with Crippen molar-refractivity contribution in [3.05, 3.63) is 52.0 Å². The third kappa shape index (κ3) is 3.39. The summed E-state index contributed by atoms with van der Waals surface area (Å²) in [6, 6.07) is 6.96. The number of rotatable bonds is 5. The van der Waals surface area contributed by atoms with Gasteiger partial charge in [0.1, 0.15) is 5.01 Å². The Labute approximate surface area is 116 Å². The van der Waals surface area contributed by atoms with Crippen LogP contribution in [0.15, 0.2) is 35.8 Å². The molecule has 0 radical (unpaired) electrons. The van der Waals surface area contributed by atoms with E-state index in [4.69, 9.17) is 5.11 Å². The van der Waals surface area contributed by atoms with Gasteiger partial charge in [-0.3, -0.25) is 0 Å². The van der Waals surface area contributed by atoms with Gasteiger partial charge in [-0.1, -0.05) is 12.1 Å². The number of nitrogens with one attached hydrogen (secondary N) is 1. The predicted octanol–water partition coefficient (Wildman–Crippen LogP) is 2.87. The topological polar surface area (TPSA) is 62.2 Å². The second-order valence-corrected chi connectivity index (χ2v) is 5.72. The molecular weight excluding hydrogens is 260 g/mol. The molecule has 0 unspecified atom stereocenters. The van der Waals surface area contributed by atoms with Gasteiger partial charge in [0, 0.05) is 18.1 Å². The van der Waals surface area contributed by atoms with Gasteiger partial charge < -0.3 is 10.4 Å². The number of benzene rings is 1. The minimum absolute atomic E-state index is 0.229. The lowest BCUT2D eigenvalue weighted by atomic mass is 10.1. The van der Waals surface area contributed by atoms with Crippen LogP contribution in [0, 0.1) is 0 Å². The highest BCUT2D eigenvalue weighted by Crippen LogP contribution is 2.22. The maximum atomic E-state index is 10.9. The van der Waals surface area contributed by atoms with Gasteiger partial charge in [-0.15, -0.1) is 11.3 Å². The van der Waals surface area contributed by atoms with Gasteiger partial charge in [0.05, 0.1) is 11.1 Å². The number of hydrogen-bond donors (Lipinski definition) is 2. The zero-order chi connectivity index (χ0) is 13.9. The van der Waals surface area contributed by atoms with Crippen LogP contribution in [0.3, 0.4) is 0 Å². The van der Waals surface area contributed by atoms with E-state index in [1.54, 1.807) is 35.7 Å². The van der Waals surface area contributed by atoms with Gasteiger partial charge in [0.2, 0.25) is 0 Å². The van der Waals surface area contributed by atoms with Crippen LogP contribution in [0.2, 0.25) is 0 Å². The molecule has 0 fully saturated rings. The fraction of sp³-hybridized carbons (Fsp3) is 0.286. The van der Waals surface area contributed by atoms with Crippen molar-refractivity contribution >= 4 is 17.3 Å². The third-order valence-electron chi connectivity index (χ3n) is 2.88. The molecule has 19 heavy (non-hydrogen) atoms. The Morgan fingerprint density at radius 2 is 2.26 bits per heavy atom. The van der Waals surface area contributed by atoms with Gasteiger partial charge in [-0.05, 0) is 31.5 Å². The Balaban J connectivity index is 2.06. The van der Waals surface area contributed by atoms with Crippen LogP contribution in [0.4, 0.5) is 0 Å². The first-order valence-corrected chi connectivity index (χ1v) is 6.84. The zero-order valence-corrected chi connectivity index (χ0v) is 11.7. The van der Waals surface area contributed by atoms with Gasteiger partial charge >= 0.3 is 5.97 Å². The largest absolute Gasteiger partial charge is 0.478 e. The molecule has 0 saturated heterocycles. The van der Waals surface area contributed by atoms with Crippen molar-refractivity contribution in [1.29, 1.82) is 0 Å². The van der Waals surface area contributed by atoms with E-state index in [-0.39, 0.29) is 5.54 Å². The lowest BCUT2D eigenvalue weighted by molar-refractivity contribution is 0.0696. The SMILES string of the molecule is CC(C)(NCc1cccc(C(=O)O)c1)c1nccs1. The van der Waals surface area contributed by atoms with E-state index in [0.717, 1.165) is 10.6 Å². The Morgan fingerprint density at radius 1 is 1.47 bits per heavy atom. The Kier molecular flexibility index (Phi) is 3.97. The fourth-order valence-electron chi connectivity index (χ4n) is 1.75. The summed E-state index contributed by atoms with van der Waals surface area (Å²) in [4.78, 5) is 15.2. The molecule has 0 saturated carbocycles. The van der Waals surface area contributed by atoms with Crippen molar-refractivity contribution in [2.24, 2.45) is 0 Å². The van der Waals surface area contributed by atoms with Crippen molar-refractivity contribution in [2.75, 3.05) is 0 Å². The Bertz CT molecular complexity index is 565. The number of aromatic carboxylic acids is 1. The van der Waals surface area contributed by atoms with Crippen molar-refractivity contribution < 1.29 is 9.90 Å². The molecule has 2 N–H and O–H groups in total. The zero-order valence-electron chi connectivity index (χ0n) is 10.9. The van der Waals surface area contributed by atoms with E-state index in [1.807, 2.05) is 11.4 Å². The Morgan fingerprint density at radius 3 is 2.89 bits per heavy atom. The van der Waals surface area contributed by atoms with Crippen molar-refractivity contribution in [1.82, 2.24) is 10.3 Å². The number of hydrogen-bond acceptors (Lipinski definition) is 4. The highest BCUT2D eigenvalue weighted by atomic mass is 32.1. The van der Waals surface area contributed by atoms with Gasteiger partial charge in [-0.2, -0.15) is 0 Å². The standard InChI is InChI=1S/C14H16N2O2S/c1-14(2,13-15-6-7-19-13)16-9-10-4-3-5-11(8-10)12(17)18/h3-8,16H,9H2,1-2H3,(H,17,18). The maximum Gasteiger partial charge on any atom is 0.335 e. The number of carboxylic acids is 1. The first-order chi connectivity index (χ1) is 8.99. The molecule has 0 atom stereocenters. The first kappa shape index (κ1) is 13.7. The second kappa shape index (κ2) is 5.50. The molecule has 100 valence electrons. The molecule has 2 rings (SSSR count). The number of aromatic nitrogens is 1. The van der Waals surface area contributed by atoms with Gasteiger partial charge in [0.25, 0.3) is 0 Å². The molecule has 0 bridgehead atoms. The monoisotopic (exact) mass is 276 g/mol. The molecule has 0 amide bonds. The highest BCUT2D eigenvalue weighted by Gasteiger charge is 2.22. The lowest BCUT2D eigenvalue weighted by Gasteiger charge is -2.24. The molecule has 0 aliphatic carbocycles. The Hall–Kier alpha value is -1.72. The summed E-state index contributed by atoms with van der Waals surface area (Å²) in [5, 5.41) is 15.3. The van der Waals surface area contributed by atoms with Crippen LogP contribution in [-0.2, 0) is 12.1 Å². The molecule has 5 heteroatoms. The molecule has 1 heterocycles. The predicted molar refractivity (Wildman–Crippen MR) is 75.4 cm³/mol. The first-order valence-electron chi connectivity index (χ1n) is 5.96. The van der Waals surface area contributed by atoms with E-state index in [2.05, 4.69) is 24.1 Å². The van der Waals surface area contributed by atoms with Crippen LogP contribution in [-0.4, -0.2) is 16.1 Å². The fourth-order valence-corrected chi connectivity index (χ4v) is 2.48. The van der Waals surface area contributed by atoms with Crippen LogP contribution in [0.5, 0.6) is 0 Å². The van der Waals surface area contributed by atoms with Crippen LogP contribution >= 0.6 is 11.3 Å². The summed E-state index contributed by atoms with van der Waals surface area (Å²) >= 11 is 1.61. The molecule has 2 aromatic rings. The number of carbonyl (C=O) groups is 1. The molecule has 0 aliphatic heterocycles. The van der Waals surface area contributed by atoms with E-state index >= 15 is 0 Å². The summed E-state index contributed by atoms with van der Waals surface area (Å²) < 4.78 is 0. The second-order valence-electron chi connectivity index (χ2n) is 4.82. The summed E-state index contributed by atoms with van der Waals surface area (Å²) in [5.74, 6) is -0.902. The summed E-state index contributed by atoms with van der Waals surface area (Å²) in [5.41, 5.74) is 1.03. The quantitative estimate of drug-likeness (QED) is 0.881. The summed E-state index contributed by atoms with van der Waals surface area (Å²) in [7, 11) is 0. The summed E-state index contributed by atoms with van der Waals surface area (Å²) in [6.45, 7) is 4.73. The van der Waals surface area contributed by atoms with Gasteiger partial charge in [-0.25, -0.2) is 9.78 Å². The average Bonchev–Trinajstić information content (AvgIpc) is 2.91. The normalized spacial score (nSPS) is 11.5. The smallest absolute Gasteiger partial charge is 0.335 e. The van der Waals surface area contributed by atoms with E-state index in [1.165, 1.54) is 0 Å². The van der Waals surface area contributed by atoms with Crippen molar-refractivity contribution in [2.45, 2.75) is 25.9 Å². The molecule has 4 nitrogen and oxygen atoms in total. The highest BCUT2D eigenvalue weighted by molar-refractivity contribution is 7.09. The van der Waals surface area contributed by atoms with E-state index in [0.29, 0.717) is 12.1 Å². The molecule has 0 aliphatic rings. The minimum Gasteiger partial charge on any atom is -0.478 e. The molecule has 0 spiro atoms. The molecule has 1 aromatic heterocycles. The van der Waals surface area contributed by atoms with Crippen molar-refractivity contribution in [3.8, 4) is 0 Å². The number of nitrogens with zero attached hydrogens (tertiary/aromatic N) is 1. The number of carboxylic acid groups (broad SMARTS) is 1. The molecular formula is C14H16N2O2S. The lowest BCUT2D eigenvalue weighted by Crippen LogP contribution is -2.35. The minimum atomic E-state index is -0.902. The van der Waals surface area contributed by atoms with Crippen LogP contribution in [0.1, 0.15) is 34.8 Å². The molecule has 1 aromatic carbocycles. The average molecular weight is 276 g/mol. The van der Waals surface area contributed by atoms with Crippen LogP contribution < -0.4 is 5.32 Å². The third-order valence-corrected chi connectivity index (χ3v) is 3.97. The maximum absolute atomic E-state index is 10.9. The van der Waals surface area contributed by atoms with Crippen molar-refractivity contribution in [3.63, 3.8) is 0 Å². The summed E-state index contributed by atoms with van der Waals surface area (Å²) in [6.07, 6.45) is 1.79. The van der Waals surface area contributed by atoms with Crippen LogP contribution in [0.25, 0.3) is 0 Å². The van der Waals surface area contributed by atoms with E-state index in [9.17, 15) is 4.79 Å². The van der Waals surface area contributed by atoms with Gasteiger partial charge in [0.15, 0.2) is 0 Å².